The molecule has 0 aliphatic carbocycles. The van der Waals surface area contributed by atoms with Gasteiger partial charge in [0.1, 0.15) is 6.07 Å². The number of pyridine rings is 1. The first kappa shape index (κ1) is 15.2. The topological polar surface area (TPSA) is 92.1 Å². The number of esters is 1. The fourth-order valence-electron chi connectivity index (χ4n) is 1.69. The van der Waals surface area contributed by atoms with Crippen molar-refractivity contribution in [1.82, 2.24) is 4.98 Å². The van der Waals surface area contributed by atoms with Crippen LogP contribution in [0.3, 0.4) is 0 Å². The monoisotopic (exact) mass is 295 g/mol. The molecule has 1 heterocycles. The van der Waals surface area contributed by atoms with Crippen LogP contribution in [0.5, 0.6) is 0 Å². The molecule has 0 unspecified atom stereocenters. The van der Waals surface area contributed by atoms with Crippen molar-refractivity contribution in [3.63, 3.8) is 0 Å². The van der Waals surface area contributed by atoms with E-state index in [1.807, 2.05) is 6.07 Å². The van der Waals surface area contributed by atoms with E-state index in [-0.39, 0.29) is 0 Å². The minimum atomic E-state index is -0.993. The van der Waals surface area contributed by atoms with E-state index in [2.05, 4.69) is 10.3 Å². The Labute approximate surface area is 127 Å². The van der Waals surface area contributed by atoms with Gasteiger partial charge in [-0.15, -0.1) is 0 Å². The maximum absolute atomic E-state index is 12.0. The van der Waals surface area contributed by atoms with Gasteiger partial charge in [0.15, 0.2) is 6.10 Å². The van der Waals surface area contributed by atoms with Gasteiger partial charge in [-0.1, -0.05) is 12.1 Å². The summed E-state index contributed by atoms with van der Waals surface area (Å²) in [6, 6.07) is 11.6. The van der Waals surface area contributed by atoms with Crippen molar-refractivity contribution in [3.05, 3.63) is 59.9 Å². The number of amides is 1. The molecule has 6 heteroatoms. The van der Waals surface area contributed by atoms with Crippen LogP contribution in [0, 0.1) is 11.3 Å². The first-order valence-corrected chi connectivity index (χ1v) is 6.53. The zero-order valence-corrected chi connectivity index (χ0v) is 11.8. The number of benzene rings is 1. The largest absolute Gasteiger partial charge is 0.449 e. The summed E-state index contributed by atoms with van der Waals surface area (Å²) in [5, 5.41) is 11.5. The van der Waals surface area contributed by atoms with E-state index in [1.54, 1.807) is 24.3 Å². The van der Waals surface area contributed by atoms with Crippen LogP contribution >= 0.6 is 0 Å². The predicted octanol–water partition coefficient (Wildman–Crippen LogP) is 2.14. The highest BCUT2D eigenvalue weighted by Crippen LogP contribution is 2.14. The second-order valence-electron chi connectivity index (χ2n) is 4.43. The molecule has 2 aromatic rings. The van der Waals surface area contributed by atoms with Crippen molar-refractivity contribution in [3.8, 4) is 6.07 Å². The maximum atomic E-state index is 12.0. The van der Waals surface area contributed by atoms with Crippen molar-refractivity contribution in [1.29, 1.82) is 5.26 Å². The van der Waals surface area contributed by atoms with Crippen LogP contribution in [0.4, 0.5) is 5.69 Å². The molecular formula is C16H13N3O3. The average Bonchev–Trinajstić information content (AvgIpc) is 2.56. The fourth-order valence-corrected chi connectivity index (χ4v) is 1.69. The average molecular weight is 295 g/mol. The van der Waals surface area contributed by atoms with Gasteiger partial charge in [-0.2, -0.15) is 5.26 Å². The van der Waals surface area contributed by atoms with Gasteiger partial charge in [-0.3, -0.25) is 9.78 Å². The van der Waals surface area contributed by atoms with Crippen molar-refractivity contribution in [2.45, 2.75) is 13.0 Å². The number of hydrogen-bond donors (Lipinski definition) is 1. The van der Waals surface area contributed by atoms with E-state index in [0.29, 0.717) is 16.8 Å². The number of hydrogen-bond acceptors (Lipinski definition) is 5. The third-order valence-corrected chi connectivity index (χ3v) is 2.87. The third kappa shape index (κ3) is 3.67. The second kappa shape index (κ2) is 6.99. The lowest BCUT2D eigenvalue weighted by Gasteiger charge is -2.14. The molecule has 0 radical (unpaired) electrons. The molecule has 1 aromatic heterocycles. The summed E-state index contributed by atoms with van der Waals surface area (Å²) >= 11 is 0. The van der Waals surface area contributed by atoms with Crippen LogP contribution in [0.2, 0.25) is 0 Å². The van der Waals surface area contributed by atoms with Gasteiger partial charge in [0.25, 0.3) is 5.91 Å². The molecule has 22 heavy (non-hydrogen) atoms. The lowest BCUT2D eigenvalue weighted by molar-refractivity contribution is -0.123. The van der Waals surface area contributed by atoms with Crippen LogP contribution < -0.4 is 5.32 Å². The fraction of sp³-hybridized carbons (Fsp3) is 0.125. The number of nitrogens with zero attached hydrogens (tertiary/aromatic N) is 2. The first-order valence-electron chi connectivity index (χ1n) is 6.53. The Morgan fingerprint density at radius 1 is 1.23 bits per heavy atom. The maximum Gasteiger partial charge on any atom is 0.339 e. The van der Waals surface area contributed by atoms with Crippen molar-refractivity contribution in [2.75, 3.05) is 5.32 Å². The predicted molar refractivity (Wildman–Crippen MR) is 78.9 cm³/mol. The van der Waals surface area contributed by atoms with E-state index in [0.717, 1.165) is 0 Å². The summed E-state index contributed by atoms with van der Waals surface area (Å²) in [5.74, 6) is -1.12. The minimum Gasteiger partial charge on any atom is -0.449 e. The van der Waals surface area contributed by atoms with Gasteiger partial charge >= 0.3 is 5.97 Å². The van der Waals surface area contributed by atoms with E-state index >= 15 is 0 Å². The number of aromatic nitrogens is 1. The summed E-state index contributed by atoms with van der Waals surface area (Å²) in [7, 11) is 0. The molecule has 1 aromatic carbocycles. The Balaban J connectivity index is 2.01. The number of rotatable bonds is 4. The molecule has 0 aliphatic heterocycles. The molecule has 1 N–H and O–H groups in total. The summed E-state index contributed by atoms with van der Waals surface area (Å²) in [5.41, 5.74) is 1.03. The molecule has 0 fully saturated rings. The number of nitrogens with one attached hydrogen (secondary N) is 1. The van der Waals surface area contributed by atoms with Crippen LogP contribution in [0.25, 0.3) is 0 Å². The van der Waals surface area contributed by atoms with E-state index in [9.17, 15) is 9.59 Å². The quantitative estimate of drug-likeness (QED) is 0.872. The number of nitriles is 1. The van der Waals surface area contributed by atoms with Crippen molar-refractivity contribution < 1.29 is 14.3 Å². The van der Waals surface area contributed by atoms with E-state index in [1.165, 1.54) is 31.5 Å². The Morgan fingerprint density at radius 2 is 1.91 bits per heavy atom. The molecule has 1 amide bonds. The minimum absolute atomic E-state index is 0.312. The molecule has 110 valence electrons. The standard InChI is InChI=1S/C16H13N3O3/c1-11(22-16(21)12-6-8-18-9-7-12)15(20)19-14-5-3-2-4-13(14)10-17/h2-9,11H,1H3,(H,19,20)/t11-/m1/s1. The van der Waals surface area contributed by atoms with Gasteiger partial charge < -0.3 is 10.1 Å². The smallest absolute Gasteiger partial charge is 0.339 e. The Bertz CT molecular complexity index is 723. The van der Waals surface area contributed by atoms with Crippen LogP contribution in [-0.2, 0) is 9.53 Å². The number of ether oxygens (including phenoxy) is 1. The molecule has 0 saturated heterocycles. The van der Waals surface area contributed by atoms with Crippen LogP contribution in [0.15, 0.2) is 48.8 Å². The van der Waals surface area contributed by atoms with Gasteiger partial charge in [-0.25, -0.2) is 4.79 Å². The first-order chi connectivity index (χ1) is 10.6. The highest BCUT2D eigenvalue weighted by atomic mass is 16.5. The van der Waals surface area contributed by atoms with Crippen LogP contribution in [0.1, 0.15) is 22.8 Å². The second-order valence-corrected chi connectivity index (χ2v) is 4.43. The van der Waals surface area contributed by atoms with E-state index in [4.69, 9.17) is 10.00 Å². The number of anilines is 1. The Hall–Kier alpha value is -3.20. The molecule has 0 aliphatic rings. The molecule has 1 atom stereocenters. The number of carbonyl (C=O) groups excluding carboxylic acids is 2. The molecule has 0 bridgehead atoms. The van der Waals surface area contributed by atoms with Crippen LogP contribution in [-0.4, -0.2) is 23.0 Å². The van der Waals surface area contributed by atoms with Crippen molar-refractivity contribution in [2.24, 2.45) is 0 Å². The molecule has 0 saturated carbocycles. The van der Waals surface area contributed by atoms with Gasteiger partial charge in [-0.05, 0) is 31.2 Å². The Kier molecular flexibility index (Phi) is 4.83. The lowest BCUT2D eigenvalue weighted by Crippen LogP contribution is -2.30. The van der Waals surface area contributed by atoms with E-state index < -0.39 is 18.0 Å². The number of para-hydroxylation sites is 1. The molecule has 6 nitrogen and oxygen atoms in total. The van der Waals surface area contributed by atoms with Crippen molar-refractivity contribution >= 4 is 17.6 Å². The van der Waals surface area contributed by atoms with Gasteiger partial charge in [0, 0.05) is 12.4 Å². The zero-order chi connectivity index (χ0) is 15.9. The molecular weight excluding hydrogens is 282 g/mol. The van der Waals surface area contributed by atoms with Gasteiger partial charge in [0.2, 0.25) is 0 Å². The Morgan fingerprint density at radius 3 is 2.59 bits per heavy atom. The molecule has 2 rings (SSSR count). The summed E-state index contributed by atoms with van der Waals surface area (Å²) in [6.07, 6.45) is 1.93. The number of carbonyl (C=O) groups is 2. The SMILES string of the molecule is C[C@@H](OC(=O)c1ccncc1)C(=O)Nc1ccccc1C#N. The summed E-state index contributed by atoms with van der Waals surface area (Å²) in [4.78, 5) is 27.7. The highest BCUT2D eigenvalue weighted by Gasteiger charge is 2.19. The summed E-state index contributed by atoms with van der Waals surface area (Å²) < 4.78 is 5.08. The zero-order valence-electron chi connectivity index (χ0n) is 11.8. The van der Waals surface area contributed by atoms with Gasteiger partial charge in [0.05, 0.1) is 16.8 Å². The lowest BCUT2D eigenvalue weighted by atomic mass is 10.2. The normalized spacial score (nSPS) is 11.1. The third-order valence-electron chi connectivity index (χ3n) is 2.87. The summed E-state index contributed by atoms with van der Waals surface area (Å²) in [6.45, 7) is 1.46. The highest BCUT2D eigenvalue weighted by molar-refractivity contribution is 5.98. The molecule has 0 spiro atoms.